The number of anilines is 1. The van der Waals surface area contributed by atoms with Crippen molar-refractivity contribution in [3.63, 3.8) is 0 Å². The Hall–Kier alpha value is -2.47. The summed E-state index contributed by atoms with van der Waals surface area (Å²) >= 11 is 0. The van der Waals surface area contributed by atoms with E-state index in [2.05, 4.69) is 10.6 Å². The summed E-state index contributed by atoms with van der Waals surface area (Å²) in [7, 11) is 0. The largest absolute Gasteiger partial charge is 0.493 e. The third-order valence-corrected chi connectivity index (χ3v) is 3.81. The number of nitrogens with one attached hydrogen (secondary N) is 2. The second kappa shape index (κ2) is 6.34. The molecule has 23 heavy (non-hydrogen) atoms. The zero-order chi connectivity index (χ0) is 16.3. The van der Waals surface area contributed by atoms with Crippen molar-refractivity contribution in [1.82, 2.24) is 5.32 Å². The zero-order valence-electron chi connectivity index (χ0n) is 13.0. The van der Waals surface area contributed by atoms with Gasteiger partial charge in [0, 0.05) is 5.69 Å². The Labute approximate surface area is 134 Å². The minimum atomic E-state index is -1.26. The van der Waals surface area contributed by atoms with E-state index in [4.69, 9.17) is 9.15 Å². The third-order valence-electron chi connectivity index (χ3n) is 3.81. The van der Waals surface area contributed by atoms with Gasteiger partial charge < -0.3 is 24.9 Å². The quantitative estimate of drug-likeness (QED) is 0.809. The van der Waals surface area contributed by atoms with Gasteiger partial charge in [-0.3, -0.25) is 0 Å². The topological polar surface area (TPSA) is 83.7 Å². The summed E-state index contributed by atoms with van der Waals surface area (Å²) in [5, 5.41) is 15.7. The van der Waals surface area contributed by atoms with Crippen molar-refractivity contribution in [2.45, 2.75) is 25.4 Å². The van der Waals surface area contributed by atoms with Gasteiger partial charge in [-0.05, 0) is 55.7 Å². The molecule has 0 saturated carbocycles. The van der Waals surface area contributed by atoms with Crippen LogP contribution in [0.2, 0.25) is 0 Å². The number of hydrogen-bond donors (Lipinski definition) is 3. The van der Waals surface area contributed by atoms with Gasteiger partial charge in [0.15, 0.2) is 0 Å². The first-order valence-electron chi connectivity index (χ1n) is 7.61. The Kier molecular flexibility index (Phi) is 4.25. The monoisotopic (exact) mass is 316 g/mol. The van der Waals surface area contributed by atoms with E-state index in [0.717, 1.165) is 30.8 Å². The van der Waals surface area contributed by atoms with E-state index in [1.807, 2.05) is 12.1 Å². The fraction of sp³-hybridized carbons (Fsp3) is 0.353. The normalized spacial score (nSPS) is 15.9. The number of carbonyl (C=O) groups excluding carboxylic acids is 1. The van der Waals surface area contributed by atoms with Crippen LogP contribution < -0.4 is 15.4 Å². The number of aryl methyl sites for hydroxylation is 1. The molecule has 122 valence electrons. The van der Waals surface area contributed by atoms with Gasteiger partial charge in [-0.2, -0.15) is 0 Å². The fourth-order valence-electron chi connectivity index (χ4n) is 2.54. The average molecular weight is 316 g/mol. The summed E-state index contributed by atoms with van der Waals surface area (Å²) in [4.78, 5) is 12.0. The lowest BCUT2D eigenvalue weighted by Gasteiger charge is -2.21. The zero-order valence-corrected chi connectivity index (χ0v) is 13.0. The summed E-state index contributed by atoms with van der Waals surface area (Å²) in [5.41, 5.74) is 0.533. The number of carbonyl (C=O) groups is 1. The van der Waals surface area contributed by atoms with E-state index < -0.39 is 5.60 Å². The Morgan fingerprint density at radius 3 is 3.04 bits per heavy atom. The molecule has 1 atom stereocenters. The van der Waals surface area contributed by atoms with Crippen molar-refractivity contribution in [2.75, 3.05) is 18.5 Å². The molecule has 3 N–H and O–H groups in total. The van der Waals surface area contributed by atoms with Crippen LogP contribution in [-0.2, 0) is 12.0 Å². The van der Waals surface area contributed by atoms with Crippen LogP contribution in [0.5, 0.6) is 5.75 Å². The lowest BCUT2D eigenvalue weighted by atomic mass is 10.0. The van der Waals surface area contributed by atoms with Gasteiger partial charge in [-0.25, -0.2) is 4.79 Å². The summed E-state index contributed by atoms with van der Waals surface area (Å²) in [5.74, 6) is 1.28. The number of rotatable bonds is 4. The predicted molar refractivity (Wildman–Crippen MR) is 85.6 cm³/mol. The van der Waals surface area contributed by atoms with Gasteiger partial charge in [0.2, 0.25) is 0 Å². The van der Waals surface area contributed by atoms with E-state index in [1.165, 1.54) is 6.26 Å². The molecule has 1 unspecified atom stereocenters. The van der Waals surface area contributed by atoms with Crippen LogP contribution in [0.4, 0.5) is 10.5 Å². The molecule has 0 fully saturated rings. The summed E-state index contributed by atoms with van der Waals surface area (Å²) in [6, 6.07) is 8.56. The molecule has 3 rings (SSSR count). The van der Waals surface area contributed by atoms with Crippen molar-refractivity contribution in [3.8, 4) is 5.75 Å². The second-order valence-electron chi connectivity index (χ2n) is 5.83. The molecule has 1 aromatic carbocycles. The Morgan fingerprint density at radius 1 is 1.39 bits per heavy atom. The number of amides is 2. The molecule has 6 heteroatoms. The summed E-state index contributed by atoms with van der Waals surface area (Å²) < 4.78 is 10.7. The SMILES string of the molecule is CC(O)(CNC(=O)Nc1ccc2c(c1)CCCO2)c1ccco1. The van der Waals surface area contributed by atoms with Crippen LogP contribution in [0.15, 0.2) is 41.0 Å². The molecule has 0 aliphatic carbocycles. The van der Waals surface area contributed by atoms with E-state index >= 15 is 0 Å². The second-order valence-corrected chi connectivity index (χ2v) is 5.83. The lowest BCUT2D eigenvalue weighted by Crippen LogP contribution is -2.40. The molecule has 6 nitrogen and oxygen atoms in total. The number of hydrogen-bond acceptors (Lipinski definition) is 4. The number of benzene rings is 1. The standard InChI is InChI=1S/C17H20N2O4/c1-17(21,15-5-3-9-23-15)11-18-16(20)19-13-6-7-14-12(10-13)4-2-8-22-14/h3,5-7,9-10,21H,2,4,8,11H2,1H3,(H2,18,19,20). The first-order valence-corrected chi connectivity index (χ1v) is 7.61. The number of ether oxygens (including phenoxy) is 1. The first-order chi connectivity index (χ1) is 11.0. The smallest absolute Gasteiger partial charge is 0.319 e. The van der Waals surface area contributed by atoms with Crippen LogP contribution in [0.3, 0.4) is 0 Å². The number of urea groups is 1. The molecule has 1 aliphatic rings. The van der Waals surface area contributed by atoms with Crippen LogP contribution >= 0.6 is 0 Å². The van der Waals surface area contributed by atoms with Gasteiger partial charge in [0.1, 0.15) is 17.1 Å². The van der Waals surface area contributed by atoms with Crippen LogP contribution in [0.25, 0.3) is 0 Å². The minimum absolute atomic E-state index is 0.0421. The molecule has 0 spiro atoms. The van der Waals surface area contributed by atoms with E-state index in [0.29, 0.717) is 11.4 Å². The summed E-state index contributed by atoms with van der Waals surface area (Å²) in [6.07, 6.45) is 3.41. The van der Waals surface area contributed by atoms with Gasteiger partial charge in [-0.15, -0.1) is 0 Å². The molecule has 2 heterocycles. The molecule has 0 bridgehead atoms. The van der Waals surface area contributed by atoms with E-state index in [1.54, 1.807) is 25.1 Å². The molecule has 0 radical (unpaired) electrons. The van der Waals surface area contributed by atoms with Crippen LogP contribution in [0.1, 0.15) is 24.7 Å². The minimum Gasteiger partial charge on any atom is -0.493 e. The summed E-state index contributed by atoms with van der Waals surface area (Å²) in [6.45, 7) is 2.37. The van der Waals surface area contributed by atoms with Gasteiger partial charge in [-0.1, -0.05) is 0 Å². The highest BCUT2D eigenvalue weighted by molar-refractivity contribution is 5.89. The molecule has 1 aliphatic heterocycles. The molecule has 1 aromatic heterocycles. The third kappa shape index (κ3) is 3.65. The molecular formula is C17H20N2O4. The number of furan rings is 1. The van der Waals surface area contributed by atoms with E-state index in [-0.39, 0.29) is 12.6 Å². The van der Waals surface area contributed by atoms with Crippen molar-refractivity contribution < 1.29 is 19.1 Å². The van der Waals surface area contributed by atoms with Gasteiger partial charge in [0.05, 0.1) is 19.4 Å². The van der Waals surface area contributed by atoms with Gasteiger partial charge >= 0.3 is 6.03 Å². The molecular weight excluding hydrogens is 296 g/mol. The van der Waals surface area contributed by atoms with Crippen molar-refractivity contribution in [1.29, 1.82) is 0 Å². The fourth-order valence-corrected chi connectivity index (χ4v) is 2.54. The maximum Gasteiger partial charge on any atom is 0.319 e. The number of aliphatic hydroxyl groups is 1. The van der Waals surface area contributed by atoms with E-state index in [9.17, 15) is 9.90 Å². The first kappa shape index (κ1) is 15.4. The average Bonchev–Trinajstić information content (AvgIpc) is 3.08. The van der Waals surface area contributed by atoms with Crippen molar-refractivity contribution in [2.24, 2.45) is 0 Å². The lowest BCUT2D eigenvalue weighted by molar-refractivity contribution is 0.0372. The highest BCUT2D eigenvalue weighted by atomic mass is 16.5. The molecule has 2 aromatic rings. The maximum absolute atomic E-state index is 12.0. The Balaban J connectivity index is 1.57. The molecule has 2 amide bonds. The molecule has 0 saturated heterocycles. The maximum atomic E-state index is 12.0. The van der Waals surface area contributed by atoms with Crippen LogP contribution in [-0.4, -0.2) is 24.3 Å². The van der Waals surface area contributed by atoms with Crippen molar-refractivity contribution >= 4 is 11.7 Å². The van der Waals surface area contributed by atoms with Crippen molar-refractivity contribution in [3.05, 3.63) is 47.9 Å². The number of fused-ring (bicyclic) bond motifs is 1. The highest BCUT2D eigenvalue weighted by Gasteiger charge is 2.26. The van der Waals surface area contributed by atoms with Crippen LogP contribution in [0, 0.1) is 0 Å². The Morgan fingerprint density at radius 2 is 2.26 bits per heavy atom. The van der Waals surface area contributed by atoms with Gasteiger partial charge in [0.25, 0.3) is 0 Å². The highest BCUT2D eigenvalue weighted by Crippen LogP contribution is 2.27. The Bertz CT molecular complexity index is 680. The predicted octanol–water partition coefficient (Wildman–Crippen LogP) is 2.63.